The Kier molecular flexibility index (Phi) is 7.59. The third kappa shape index (κ3) is 7.73. The first-order chi connectivity index (χ1) is 10.1. The van der Waals surface area contributed by atoms with E-state index in [1.807, 2.05) is 61.6 Å². The van der Waals surface area contributed by atoms with Crippen LogP contribution in [0.25, 0.3) is 6.08 Å². The summed E-state index contributed by atoms with van der Waals surface area (Å²) in [6.07, 6.45) is 10.2. The summed E-state index contributed by atoms with van der Waals surface area (Å²) >= 11 is 0. The molecule has 0 aliphatic rings. The molecule has 0 aliphatic heterocycles. The maximum absolute atomic E-state index is 11.2. The standard InChI is InChI=1S/C19H22O2/c1-4-21-19(20)15-17(3)10-8-9-16(2)13-14-18-11-6-5-7-12-18/h5-8,10-15H,2,4,9H2,1,3H3/b10-8+,14-13+,17-15+. The highest BCUT2D eigenvalue weighted by Gasteiger charge is 1.95. The van der Waals surface area contributed by atoms with Crippen LogP contribution >= 0.6 is 0 Å². The van der Waals surface area contributed by atoms with E-state index in [1.54, 1.807) is 6.92 Å². The topological polar surface area (TPSA) is 26.3 Å². The summed E-state index contributed by atoms with van der Waals surface area (Å²) in [5.41, 5.74) is 3.04. The zero-order chi connectivity index (χ0) is 15.5. The van der Waals surface area contributed by atoms with Crippen LogP contribution in [0.15, 0.2) is 72.4 Å². The molecule has 0 fully saturated rings. The van der Waals surface area contributed by atoms with Crippen LogP contribution in [0, 0.1) is 0 Å². The average molecular weight is 282 g/mol. The molecule has 0 saturated heterocycles. The third-order valence-corrected chi connectivity index (χ3v) is 2.70. The number of benzene rings is 1. The van der Waals surface area contributed by atoms with Crippen LogP contribution in [0.3, 0.4) is 0 Å². The van der Waals surface area contributed by atoms with E-state index in [0.29, 0.717) is 6.61 Å². The lowest BCUT2D eigenvalue weighted by Crippen LogP contribution is -1.99. The van der Waals surface area contributed by atoms with Crippen LogP contribution in [-0.4, -0.2) is 12.6 Å². The Labute approximate surface area is 127 Å². The van der Waals surface area contributed by atoms with Crippen molar-refractivity contribution in [2.24, 2.45) is 0 Å². The van der Waals surface area contributed by atoms with Gasteiger partial charge in [0.05, 0.1) is 6.61 Å². The molecule has 1 aromatic carbocycles. The van der Waals surface area contributed by atoms with Gasteiger partial charge in [0.15, 0.2) is 0 Å². The van der Waals surface area contributed by atoms with E-state index in [2.05, 4.69) is 6.58 Å². The van der Waals surface area contributed by atoms with Crippen LogP contribution in [0.2, 0.25) is 0 Å². The number of rotatable bonds is 7. The van der Waals surface area contributed by atoms with E-state index in [-0.39, 0.29) is 5.97 Å². The summed E-state index contributed by atoms with van der Waals surface area (Å²) in [4.78, 5) is 11.2. The fourth-order valence-electron chi connectivity index (χ4n) is 1.66. The highest BCUT2D eigenvalue weighted by atomic mass is 16.5. The molecule has 0 saturated carbocycles. The quantitative estimate of drug-likeness (QED) is 0.411. The van der Waals surface area contributed by atoms with Crippen molar-refractivity contribution >= 4 is 12.0 Å². The highest BCUT2D eigenvalue weighted by molar-refractivity contribution is 5.83. The molecular weight excluding hydrogens is 260 g/mol. The van der Waals surface area contributed by atoms with Crippen LogP contribution in [0.5, 0.6) is 0 Å². The Balaban J connectivity index is 2.44. The number of ether oxygens (including phenoxy) is 1. The lowest BCUT2D eigenvalue weighted by Gasteiger charge is -1.97. The van der Waals surface area contributed by atoms with Crippen molar-refractivity contribution < 1.29 is 9.53 Å². The lowest BCUT2D eigenvalue weighted by molar-refractivity contribution is -0.137. The number of carbonyl (C=O) groups excluding carboxylic acids is 1. The van der Waals surface area contributed by atoms with Crippen molar-refractivity contribution in [3.63, 3.8) is 0 Å². The lowest BCUT2D eigenvalue weighted by atomic mass is 10.1. The van der Waals surface area contributed by atoms with Gasteiger partial charge in [0, 0.05) is 6.08 Å². The minimum Gasteiger partial charge on any atom is -0.463 e. The molecule has 1 rings (SSSR count). The molecule has 0 radical (unpaired) electrons. The van der Waals surface area contributed by atoms with Gasteiger partial charge in [0.2, 0.25) is 0 Å². The summed E-state index contributed by atoms with van der Waals surface area (Å²) in [7, 11) is 0. The van der Waals surface area contributed by atoms with Gasteiger partial charge < -0.3 is 4.74 Å². The number of hydrogen-bond acceptors (Lipinski definition) is 2. The van der Waals surface area contributed by atoms with Crippen molar-refractivity contribution in [3.05, 3.63) is 77.9 Å². The van der Waals surface area contributed by atoms with Gasteiger partial charge in [-0.1, -0.05) is 66.8 Å². The number of carbonyl (C=O) groups is 1. The van der Waals surface area contributed by atoms with Crippen LogP contribution in [0.1, 0.15) is 25.8 Å². The minimum absolute atomic E-state index is 0.303. The summed E-state index contributed by atoms with van der Waals surface area (Å²) < 4.78 is 4.85. The first kappa shape index (κ1) is 16.7. The van der Waals surface area contributed by atoms with E-state index < -0.39 is 0 Å². The Morgan fingerprint density at radius 2 is 1.95 bits per heavy atom. The van der Waals surface area contributed by atoms with Gasteiger partial charge in [-0.25, -0.2) is 4.79 Å². The van der Waals surface area contributed by atoms with E-state index in [9.17, 15) is 4.79 Å². The number of esters is 1. The van der Waals surface area contributed by atoms with E-state index >= 15 is 0 Å². The molecule has 0 N–H and O–H groups in total. The maximum Gasteiger partial charge on any atom is 0.330 e. The van der Waals surface area contributed by atoms with E-state index in [0.717, 1.165) is 23.1 Å². The van der Waals surface area contributed by atoms with Crippen molar-refractivity contribution in [1.82, 2.24) is 0 Å². The summed E-state index contributed by atoms with van der Waals surface area (Å²) in [5, 5.41) is 0. The first-order valence-electron chi connectivity index (χ1n) is 7.04. The monoisotopic (exact) mass is 282 g/mol. The highest BCUT2D eigenvalue weighted by Crippen LogP contribution is 2.08. The average Bonchev–Trinajstić information content (AvgIpc) is 2.46. The smallest absolute Gasteiger partial charge is 0.330 e. The number of hydrogen-bond donors (Lipinski definition) is 0. The Morgan fingerprint density at radius 1 is 1.24 bits per heavy atom. The molecule has 1 aromatic rings. The van der Waals surface area contributed by atoms with Gasteiger partial charge in [-0.05, 0) is 31.4 Å². The molecule has 0 amide bonds. The van der Waals surface area contributed by atoms with Gasteiger partial charge in [0.1, 0.15) is 0 Å². The molecule has 2 heteroatoms. The van der Waals surface area contributed by atoms with Gasteiger partial charge in [-0.15, -0.1) is 0 Å². The van der Waals surface area contributed by atoms with Crippen molar-refractivity contribution in [2.45, 2.75) is 20.3 Å². The molecule has 0 bridgehead atoms. The van der Waals surface area contributed by atoms with Crippen LogP contribution in [0.4, 0.5) is 0 Å². The van der Waals surface area contributed by atoms with Gasteiger partial charge in [-0.3, -0.25) is 0 Å². The summed E-state index contributed by atoms with van der Waals surface area (Å²) in [6.45, 7) is 8.07. The Morgan fingerprint density at radius 3 is 2.62 bits per heavy atom. The first-order valence-corrected chi connectivity index (χ1v) is 7.04. The second-order valence-corrected chi connectivity index (χ2v) is 4.65. The van der Waals surface area contributed by atoms with E-state index in [4.69, 9.17) is 4.74 Å². The zero-order valence-electron chi connectivity index (χ0n) is 12.7. The second-order valence-electron chi connectivity index (χ2n) is 4.65. The molecule has 0 unspecified atom stereocenters. The molecule has 0 aliphatic carbocycles. The molecule has 0 aromatic heterocycles. The van der Waals surface area contributed by atoms with Crippen molar-refractivity contribution in [1.29, 1.82) is 0 Å². The summed E-state index contributed by atoms with van der Waals surface area (Å²) in [5.74, 6) is -0.303. The Bertz CT molecular complexity index is 548. The molecule has 2 nitrogen and oxygen atoms in total. The largest absolute Gasteiger partial charge is 0.463 e. The van der Waals surface area contributed by atoms with Gasteiger partial charge in [0.25, 0.3) is 0 Å². The molecular formula is C19H22O2. The molecule has 0 atom stereocenters. The fraction of sp³-hybridized carbons (Fsp3) is 0.211. The molecule has 0 heterocycles. The minimum atomic E-state index is -0.303. The molecule has 0 spiro atoms. The second kappa shape index (κ2) is 9.54. The number of allylic oxidation sites excluding steroid dienone is 5. The Hall–Kier alpha value is -2.35. The predicted molar refractivity (Wildman–Crippen MR) is 88.8 cm³/mol. The van der Waals surface area contributed by atoms with E-state index in [1.165, 1.54) is 6.08 Å². The third-order valence-electron chi connectivity index (χ3n) is 2.70. The molecule has 21 heavy (non-hydrogen) atoms. The van der Waals surface area contributed by atoms with Crippen molar-refractivity contribution in [3.8, 4) is 0 Å². The maximum atomic E-state index is 11.2. The zero-order valence-corrected chi connectivity index (χ0v) is 12.7. The normalized spacial score (nSPS) is 12.0. The predicted octanol–water partition coefficient (Wildman–Crippen LogP) is 4.71. The summed E-state index contributed by atoms with van der Waals surface area (Å²) in [6, 6.07) is 10.1. The van der Waals surface area contributed by atoms with Gasteiger partial charge >= 0.3 is 5.97 Å². The SMILES string of the molecule is C=C(/C=C/c1ccccc1)C/C=C/C(C)=C/C(=O)OCC. The van der Waals surface area contributed by atoms with Crippen LogP contribution < -0.4 is 0 Å². The van der Waals surface area contributed by atoms with Gasteiger partial charge in [-0.2, -0.15) is 0 Å². The molecule has 110 valence electrons. The fourth-order valence-corrected chi connectivity index (χ4v) is 1.66. The van der Waals surface area contributed by atoms with Crippen LogP contribution in [-0.2, 0) is 9.53 Å². The van der Waals surface area contributed by atoms with Crippen molar-refractivity contribution in [2.75, 3.05) is 6.61 Å².